The molecule has 0 unspecified atom stereocenters. The van der Waals surface area contributed by atoms with Crippen LogP contribution in [0.3, 0.4) is 0 Å². The van der Waals surface area contributed by atoms with Crippen molar-refractivity contribution in [3.8, 4) is 0 Å². The molecule has 0 atom stereocenters. The molecular formula is C23H27ClN4O2. The van der Waals surface area contributed by atoms with Crippen LogP contribution in [-0.2, 0) is 22.6 Å². The van der Waals surface area contributed by atoms with E-state index < -0.39 is 0 Å². The summed E-state index contributed by atoms with van der Waals surface area (Å²) in [4.78, 5) is 21.7. The smallest absolute Gasteiger partial charge is 0.242 e. The summed E-state index contributed by atoms with van der Waals surface area (Å²) in [5.74, 6) is 0.103. The zero-order valence-electron chi connectivity index (χ0n) is 17.0. The minimum Gasteiger partial charge on any atom is -0.379 e. The van der Waals surface area contributed by atoms with E-state index in [1.807, 2.05) is 52.1 Å². The average molecular weight is 427 g/mol. The molecule has 7 heteroatoms. The normalized spacial score (nSPS) is 14.8. The summed E-state index contributed by atoms with van der Waals surface area (Å²) < 4.78 is 7.40. The molecule has 0 bridgehead atoms. The quantitative estimate of drug-likeness (QED) is 0.553. The van der Waals surface area contributed by atoms with Crippen molar-refractivity contribution in [2.75, 3.05) is 39.4 Å². The number of hydrogen-bond donors (Lipinski definition) is 0. The van der Waals surface area contributed by atoms with E-state index >= 15 is 0 Å². The summed E-state index contributed by atoms with van der Waals surface area (Å²) in [5, 5.41) is 1.76. The first kappa shape index (κ1) is 20.8. The van der Waals surface area contributed by atoms with Gasteiger partial charge >= 0.3 is 0 Å². The molecule has 0 radical (unpaired) electrons. The van der Waals surface area contributed by atoms with Crippen molar-refractivity contribution in [3.63, 3.8) is 0 Å². The molecule has 0 saturated carbocycles. The fourth-order valence-electron chi connectivity index (χ4n) is 3.85. The zero-order chi connectivity index (χ0) is 20.8. The van der Waals surface area contributed by atoms with Crippen LogP contribution in [0.15, 0.2) is 55.0 Å². The van der Waals surface area contributed by atoms with Crippen molar-refractivity contribution in [1.82, 2.24) is 19.4 Å². The Balaban J connectivity index is 1.44. The van der Waals surface area contributed by atoms with Crippen LogP contribution >= 0.6 is 11.6 Å². The molecule has 3 aromatic rings. The van der Waals surface area contributed by atoms with Gasteiger partial charge < -0.3 is 14.2 Å². The van der Waals surface area contributed by atoms with Crippen LogP contribution < -0.4 is 0 Å². The van der Waals surface area contributed by atoms with Crippen LogP contribution in [0.4, 0.5) is 0 Å². The molecule has 3 heterocycles. The van der Waals surface area contributed by atoms with E-state index in [9.17, 15) is 4.79 Å². The third-order valence-electron chi connectivity index (χ3n) is 5.52. The van der Waals surface area contributed by atoms with Gasteiger partial charge in [-0.25, -0.2) is 0 Å². The molecule has 1 amide bonds. The number of carbonyl (C=O) groups is 1. The second-order valence-corrected chi connectivity index (χ2v) is 8.06. The first-order valence-electron chi connectivity index (χ1n) is 10.4. The molecule has 1 fully saturated rings. The van der Waals surface area contributed by atoms with Gasteiger partial charge in [-0.3, -0.25) is 14.7 Å². The van der Waals surface area contributed by atoms with Gasteiger partial charge in [0.05, 0.1) is 13.2 Å². The van der Waals surface area contributed by atoms with Crippen molar-refractivity contribution in [2.45, 2.75) is 19.5 Å². The number of morpholine rings is 1. The second kappa shape index (κ2) is 10.1. The maximum absolute atomic E-state index is 13.2. The molecule has 2 aromatic heterocycles. The molecule has 0 aliphatic carbocycles. The maximum atomic E-state index is 13.2. The van der Waals surface area contributed by atoms with E-state index in [1.54, 1.807) is 12.4 Å². The highest BCUT2D eigenvalue weighted by molar-refractivity contribution is 6.31. The largest absolute Gasteiger partial charge is 0.379 e. The number of hydrogen-bond acceptors (Lipinski definition) is 4. The van der Waals surface area contributed by atoms with Gasteiger partial charge in [-0.05, 0) is 47.7 Å². The van der Waals surface area contributed by atoms with Crippen molar-refractivity contribution in [3.05, 3.63) is 65.6 Å². The molecule has 4 rings (SSSR count). The van der Waals surface area contributed by atoms with E-state index in [-0.39, 0.29) is 5.91 Å². The number of benzene rings is 1. The van der Waals surface area contributed by atoms with Gasteiger partial charge in [-0.1, -0.05) is 17.7 Å². The van der Waals surface area contributed by atoms with Gasteiger partial charge in [0.1, 0.15) is 6.54 Å². The number of amides is 1. The highest BCUT2D eigenvalue weighted by Gasteiger charge is 2.17. The van der Waals surface area contributed by atoms with Crippen LogP contribution in [0.1, 0.15) is 12.0 Å². The summed E-state index contributed by atoms with van der Waals surface area (Å²) in [6.07, 6.45) is 6.44. The molecular weight excluding hydrogens is 400 g/mol. The maximum Gasteiger partial charge on any atom is 0.242 e. The summed E-state index contributed by atoms with van der Waals surface area (Å²) in [6.45, 7) is 6.11. The molecule has 0 spiro atoms. The Morgan fingerprint density at radius 1 is 1.13 bits per heavy atom. The number of rotatable bonds is 8. The van der Waals surface area contributed by atoms with Crippen LogP contribution in [0.2, 0.25) is 5.02 Å². The van der Waals surface area contributed by atoms with Gasteiger partial charge in [0.25, 0.3) is 0 Å². The first-order chi connectivity index (χ1) is 14.7. The molecule has 1 aromatic carbocycles. The third-order valence-corrected chi connectivity index (χ3v) is 5.76. The number of nitrogens with zero attached hydrogens (tertiary/aromatic N) is 4. The van der Waals surface area contributed by atoms with Crippen LogP contribution in [0.5, 0.6) is 0 Å². The predicted molar refractivity (Wildman–Crippen MR) is 118 cm³/mol. The van der Waals surface area contributed by atoms with Gasteiger partial charge in [0.2, 0.25) is 5.91 Å². The van der Waals surface area contributed by atoms with Crippen LogP contribution in [-0.4, -0.2) is 64.7 Å². The number of halogens is 1. The Morgan fingerprint density at radius 3 is 2.73 bits per heavy atom. The fourth-order valence-corrected chi connectivity index (χ4v) is 4.02. The molecule has 1 aliphatic heterocycles. The molecule has 1 saturated heterocycles. The summed E-state index contributed by atoms with van der Waals surface area (Å²) >= 11 is 6.17. The van der Waals surface area contributed by atoms with Gasteiger partial charge in [-0.2, -0.15) is 0 Å². The Labute approximate surface area is 182 Å². The number of ether oxygens (including phenoxy) is 1. The van der Waals surface area contributed by atoms with Crippen LogP contribution in [0, 0.1) is 0 Å². The van der Waals surface area contributed by atoms with Gasteiger partial charge in [-0.15, -0.1) is 0 Å². The third kappa shape index (κ3) is 5.39. The molecule has 30 heavy (non-hydrogen) atoms. The van der Waals surface area contributed by atoms with Gasteiger partial charge in [0.15, 0.2) is 0 Å². The lowest BCUT2D eigenvalue weighted by molar-refractivity contribution is -0.132. The molecule has 6 nitrogen and oxygen atoms in total. The lowest BCUT2D eigenvalue weighted by Gasteiger charge is -2.28. The average Bonchev–Trinajstić information content (AvgIpc) is 3.16. The topological polar surface area (TPSA) is 50.6 Å². The zero-order valence-corrected chi connectivity index (χ0v) is 17.8. The number of pyridine rings is 1. The SMILES string of the molecule is O=C(Cn1ccc2ccc(Cl)cc21)N(CCCN1CCOCC1)Cc1ccncc1. The van der Waals surface area contributed by atoms with Crippen molar-refractivity contribution < 1.29 is 9.53 Å². The predicted octanol–water partition coefficient (Wildman–Crippen LogP) is 3.44. The highest BCUT2D eigenvalue weighted by atomic mass is 35.5. The lowest BCUT2D eigenvalue weighted by Crippen LogP contribution is -2.39. The Hall–Kier alpha value is -2.41. The number of carbonyl (C=O) groups excluding carboxylic acids is 1. The molecule has 1 aliphatic rings. The Morgan fingerprint density at radius 2 is 1.93 bits per heavy atom. The summed E-state index contributed by atoms with van der Waals surface area (Å²) in [7, 11) is 0. The number of aromatic nitrogens is 2. The minimum atomic E-state index is 0.103. The van der Waals surface area contributed by atoms with Crippen molar-refractivity contribution >= 4 is 28.4 Å². The number of fused-ring (bicyclic) bond motifs is 1. The lowest BCUT2D eigenvalue weighted by atomic mass is 10.2. The van der Waals surface area contributed by atoms with Crippen LogP contribution in [0.25, 0.3) is 10.9 Å². The fraction of sp³-hybridized carbons (Fsp3) is 0.391. The van der Waals surface area contributed by atoms with Gasteiger partial charge in [0, 0.05) is 61.9 Å². The van der Waals surface area contributed by atoms with E-state index in [0.29, 0.717) is 18.1 Å². The standard InChI is InChI=1S/C23H27ClN4O2/c24-21-3-2-20-6-11-27(22(20)16-21)18-23(29)28(17-19-4-7-25-8-5-19)10-1-9-26-12-14-30-15-13-26/h2-8,11,16H,1,9-10,12-15,17-18H2. The Bertz CT molecular complexity index is 970. The Kier molecular flexibility index (Phi) is 7.00. The second-order valence-electron chi connectivity index (χ2n) is 7.63. The van der Waals surface area contributed by atoms with Crippen molar-refractivity contribution in [1.29, 1.82) is 0 Å². The summed E-state index contributed by atoms with van der Waals surface area (Å²) in [6, 6.07) is 11.7. The van der Waals surface area contributed by atoms with E-state index in [2.05, 4.69) is 9.88 Å². The van der Waals surface area contributed by atoms with E-state index in [4.69, 9.17) is 16.3 Å². The molecule has 158 valence electrons. The first-order valence-corrected chi connectivity index (χ1v) is 10.8. The monoisotopic (exact) mass is 426 g/mol. The van der Waals surface area contributed by atoms with E-state index in [1.165, 1.54) is 0 Å². The van der Waals surface area contributed by atoms with Crippen molar-refractivity contribution in [2.24, 2.45) is 0 Å². The summed E-state index contributed by atoms with van der Waals surface area (Å²) in [5.41, 5.74) is 2.07. The minimum absolute atomic E-state index is 0.103. The highest BCUT2D eigenvalue weighted by Crippen LogP contribution is 2.21. The van der Waals surface area contributed by atoms with E-state index in [0.717, 1.165) is 62.3 Å². The molecule has 0 N–H and O–H groups in total.